The fourth-order valence-corrected chi connectivity index (χ4v) is 3.90. The van der Waals surface area contributed by atoms with E-state index in [1.165, 1.54) is 30.6 Å². The fourth-order valence-electron chi connectivity index (χ4n) is 2.66. The topological polar surface area (TPSA) is 12.0 Å². The molecule has 2 rings (SSSR count). The van der Waals surface area contributed by atoms with E-state index in [0.717, 1.165) is 5.25 Å². The smallest absolute Gasteiger partial charge is 0.0440 e. The van der Waals surface area contributed by atoms with Crippen molar-refractivity contribution in [3.63, 3.8) is 0 Å². The molecule has 16 heavy (non-hydrogen) atoms. The van der Waals surface area contributed by atoms with Gasteiger partial charge in [0.05, 0.1) is 0 Å². The zero-order valence-corrected chi connectivity index (χ0v) is 11.0. The van der Waals surface area contributed by atoms with Crippen LogP contribution < -0.4 is 5.32 Å². The highest BCUT2D eigenvalue weighted by Crippen LogP contribution is 2.35. The number of rotatable bonds is 3. The van der Waals surface area contributed by atoms with Crippen LogP contribution in [0.2, 0.25) is 0 Å². The minimum atomic E-state index is 0.531. The van der Waals surface area contributed by atoms with Crippen molar-refractivity contribution in [3.05, 3.63) is 35.4 Å². The lowest BCUT2D eigenvalue weighted by Crippen LogP contribution is -2.27. The average molecular weight is 235 g/mol. The van der Waals surface area contributed by atoms with Crippen molar-refractivity contribution in [2.75, 3.05) is 12.8 Å². The van der Waals surface area contributed by atoms with Gasteiger partial charge in [-0.3, -0.25) is 0 Å². The molecule has 0 radical (unpaired) electrons. The van der Waals surface area contributed by atoms with Crippen LogP contribution in [0.5, 0.6) is 0 Å². The van der Waals surface area contributed by atoms with Crippen LogP contribution in [-0.4, -0.2) is 18.1 Å². The lowest BCUT2D eigenvalue weighted by Gasteiger charge is -2.25. The van der Waals surface area contributed by atoms with Crippen molar-refractivity contribution in [1.82, 2.24) is 5.32 Å². The first-order valence-corrected chi connectivity index (χ1v) is 7.28. The minimum absolute atomic E-state index is 0.531. The average Bonchev–Trinajstić information content (AvgIpc) is 2.48. The monoisotopic (exact) mass is 235 g/mol. The maximum Gasteiger partial charge on any atom is 0.0440 e. The Hall–Kier alpha value is -0.470. The predicted molar refractivity (Wildman–Crippen MR) is 73.1 cm³/mol. The minimum Gasteiger partial charge on any atom is -0.312 e. The van der Waals surface area contributed by atoms with Crippen molar-refractivity contribution in [2.45, 2.75) is 37.5 Å². The number of hydrogen-bond acceptors (Lipinski definition) is 2. The normalized spacial score (nSPS) is 24.9. The highest BCUT2D eigenvalue weighted by molar-refractivity contribution is 7.99. The number of nitrogens with one attached hydrogen (secondary N) is 1. The molecule has 1 aromatic carbocycles. The van der Waals surface area contributed by atoms with Gasteiger partial charge >= 0.3 is 0 Å². The Balaban J connectivity index is 2.30. The first-order valence-electron chi connectivity index (χ1n) is 6.23. The maximum atomic E-state index is 3.51. The van der Waals surface area contributed by atoms with Gasteiger partial charge in [-0.2, -0.15) is 11.8 Å². The number of fused-ring (bicyclic) bond motifs is 1. The molecule has 1 aliphatic rings. The number of benzene rings is 1. The van der Waals surface area contributed by atoms with Crippen LogP contribution in [0, 0.1) is 0 Å². The summed E-state index contributed by atoms with van der Waals surface area (Å²) in [6.07, 6.45) is 3.90. The molecular formula is C14H21NS. The van der Waals surface area contributed by atoms with E-state index in [2.05, 4.69) is 55.3 Å². The summed E-state index contributed by atoms with van der Waals surface area (Å²) in [6.45, 7) is 2.26. The maximum absolute atomic E-state index is 3.51. The standard InChI is InChI=1S/C14H21NS/c1-3-16-13-10-6-8-11-7-4-5-9-12(11)14(13)15-2/h4-5,7,9,13-15H,3,6,8,10H2,1-2H3. The van der Waals surface area contributed by atoms with Gasteiger partial charge in [0.15, 0.2) is 0 Å². The van der Waals surface area contributed by atoms with E-state index in [-0.39, 0.29) is 0 Å². The molecule has 2 unspecified atom stereocenters. The second-order valence-corrected chi connectivity index (χ2v) is 5.87. The molecule has 0 amide bonds. The Morgan fingerprint density at radius 1 is 1.38 bits per heavy atom. The third-order valence-corrected chi connectivity index (χ3v) is 4.66. The van der Waals surface area contributed by atoms with E-state index in [1.807, 2.05) is 0 Å². The summed E-state index contributed by atoms with van der Waals surface area (Å²) >= 11 is 2.10. The molecule has 1 nitrogen and oxygen atoms in total. The first-order chi connectivity index (χ1) is 7.86. The summed E-state index contributed by atoms with van der Waals surface area (Å²) in [5.74, 6) is 1.21. The number of hydrogen-bond donors (Lipinski definition) is 1. The molecular weight excluding hydrogens is 214 g/mol. The fraction of sp³-hybridized carbons (Fsp3) is 0.571. The summed E-state index contributed by atoms with van der Waals surface area (Å²) in [4.78, 5) is 0. The summed E-state index contributed by atoms with van der Waals surface area (Å²) < 4.78 is 0. The lowest BCUT2D eigenvalue weighted by molar-refractivity contribution is 0.548. The molecule has 0 aromatic heterocycles. The van der Waals surface area contributed by atoms with Crippen molar-refractivity contribution in [2.24, 2.45) is 0 Å². The molecule has 1 aliphatic carbocycles. The molecule has 0 spiro atoms. The molecule has 0 fully saturated rings. The Kier molecular flexibility index (Phi) is 4.30. The summed E-state index contributed by atoms with van der Waals surface area (Å²) in [7, 11) is 2.09. The SMILES string of the molecule is CCSC1CCCc2ccccc2C1NC. The molecule has 0 bridgehead atoms. The Labute approximate surface area is 103 Å². The van der Waals surface area contributed by atoms with Gasteiger partial charge < -0.3 is 5.32 Å². The third-order valence-electron chi connectivity index (χ3n) is 3.39. The van der Waals surface area contributed by atoms with Gasteiger partial charge in [0.1, 0.15) is 0 Å². The highest BCUT2D eigenvalue weighted by Gasteiger charge is 2.25. The molecule has 0 saturated heterocycles. The molecule has 1 aromatic rings. The largest absolute Gasteiger partial charge is 0.312 e. The van der Waals surface area contributed by atoms with E-state index >= 15 is 0 Å². The predicted octanol–water partition coefficient (Wildman–Crippen LogP) is 3.41. The van der Waals surface area contributed by atoms with Crippen LogP contribution >= 0.6 is 11.8 Å². The second-order valence-electron chi connectivity index (χ2n) is 4.35. The van der Waals surface area contributed by atoms with Gasteiger partial charge in [-0.1, -0.05) is 31.2 Å². The molecule has 0 aliphatic heterocycles. The molecule has 2 atom stereocenters. The van der Waals surface area contributed by atoms with E-state index < -0.39 is 0 Å². The van der Waals surface area contributed by atoms with Crippen LogP contribution in [0.25, 0.3) is 0 Å². The van der Waals surface area contributed by atoms with Crippen molar-refractivity contribution < 1.29 is 0 Å². The van der Waals surface area contributed by atoms with Crippen LogP contribution in [0.15, 0.2) is 24.3 Å². The van der Waals surface area contributed by atoms with Gasteiger partial charge in [0, 0.05) is 11.3 Å². The number of aryl methyl sites for hydroxylation is 1. The van der Waals surface area contributed by atoms with Gasteiger partial charge in [0.2, 0.25) is 0 Å². The zero-order chi connectivity index (χ0) is 11.4. The van der Waals surface area contributed by atoms with E-state index in [9.17, 15) is 0 Å². The lowest BCUT2D eigenvalue weighted by atomic mass is 9.99. The number of thioether (sulfide) groups is 1. The molecule has 0 saturated carbocycles. The van der Waals surface area contributed by atoms with Crippen LogP contribution in [0.3, 0.4) is 0 Å². The molecule has 1 N–H and O–H groups in total. The second kappa shape index (κ2) is 5.74. The van der Waals surface area contributed by atoms with Crippen molar-refractivity contribution in [3.8, 4) is 0 Å². The van der Waals surface area contributed by atoms with Crippen LogP contribution in [0.1, 0.15) is 36.9 Å². The Morgan fingerprint density at radius 3 is 2.94 bits per heavy atom. The van der Waals surface area contributed by atoms with Gasteiger partial charge in [-0.05, 0) is 43.2 Å². The van der Waals surface area contributed by atoms with Gasteiger partial charge in [-0.15, -0.1) is 0 Å². The van der Waals surface area contributed by atoms with Gasteiger partial charge in [0.25, 0.3) is 0 Å². The van der Waals surface area contributed by atoms with Crippen LogP contribution in [0.4, 0.5) is 0 Å². The molecule has 2 heteroatoms. The van der Waals surface area contributed by atoms with E-state index in [4.69, 9.17) is 0 Å². The quantitative estimate of drug-likeness (QED) is 0.806. The van der Waals surface area contributed by atoms with Crippen LogP contribution in [-0.2, 0) is 6.42 Å². The van der Waals surface area contributed by atoms with Gasteiger partial charge in [-0.25, -0.2) is 0 Å². The summed E-state index contributed by atoms with van der Waals surface area (Å²) in [5, 5.41) is 4.25. The Morgan fingerprint density at radius 2 is 2.19 bits per heavy atom. The van der Waals surface area contributed by atoms with E-state index in [0.29, 0.717) is 6.04 Å². The highest BCUT2D eigenvalue weighted by atomic mass is 32.2. The zero-order valence-electron chi connectivity index (χ0n) is 10.2. The summed E-state index contributed by atoms with van der Waals surface area (Å²) in [6, 6.07) is 9.45. The molecule has 0 heterocycles. The molecule has 88 valence electrons. The van der Waals surface area contributed by atoms with E-state index in [1.54, 1.807) is 5.56 Å². The van der Waals surface area contributed by atoms with Crippen molar-refractivity contribution in [1.29, 1.82) is 0 Å². The Bertz CT molecular complexity index is 337. The van der Waals surface area contributed by atoms with Crippen molar-refractivity contribution >= 4 is 11.8 Å². The third kappa shape index (κ3) is 2.44. The first kappa shape index (κ1) is 12.0. The summed E-state index contributed by atoms with van der Waals surface area (Å²) in [5.41, 5.74) is 3.06.